The topological polar surface area (TPSA) is 46.9 Å². The average molecular weight is 339 g/mol. The Morgan fingerprint density at radius 2 is 1.83 bits per heavy atom. The van der Waals surface area contributed by atoms with Crippen LogP contribution in [-0.4, -0.2) is 15.7 Å². The first-order chi connectivity index (χ1) is 11.0. The van der Waals surface area contributed by atoms with Crippen molar-refractivity contribution in [2.24, 2.45) is 7.05 Å². The predicted molar refractivity (Wildman–Crippen MR) is 87.7 cm³/mol. The van der Waals surface area contributed by atoms with Crippen LogP contribution in [0, 0.1) is 0 Å². The van der Waals surface area contributed by atoms with Gasteiger partial charge in [-0.3, -0.25) is 9.36 Å². The third-order valence-corrected chi connectivity index (χ3v) is 3.55. The van der Waals surface area contributed by atoms with Crippen LogP contribution in [0.15, 0.2) is 35.1 Å². The molecule has 0 aliphatic carbocycles. The van der Waals surface area contributed by atoms with Crippen LogP contribution in [0.25, 0.3) is 0 Å². The Morgan fingerprint density at radius 3 is 2.42 bits per heavy atom. The summed E-state index contributed by atoms with van der Waals surface area (Å²) in [5, 5.41) is 2.94. The molecular formula is C17H20F3N3O. The second-order valence-corrected chi connectivity index (χ2v) is 6.72. The predicted octanol–water partition coefficient (Wildman–Crippen LogP) is 3.93. The minimum absolute atomic E-state index is 0.0743. The molecule has 0 fully saturated rings. The summed E-state index contributed by atoms with van der Waals surface area (Å²) in [5.74, 6) is 0.0767. The number of nitrogens with zero attached hydrogens (tertiary/aromatic N) is 2. The summed E-state index contributed by atoms with van der Waals surface area (Å²) in [5.41, 5.74) is 0.798. The standard InChI is InChI=1S/C17H20F3N3O/c1-16(2,3)11-6-5-7-12(8-11)21-15-22-13(10-17(18,19)20)9-14(24)23(15)4/h5-9H,10H2,1-4H3,(H,21,22). The zero-order chi connectivity index (χ0) is 18.1. The van der Waals surface area contributed by atoms with Crippen molar-refractivity contribution in [2.75, 3.05) is 5.32 Å². The molecule has 0 radical (unpaired) electrons. The van der Waals surface area contributed by atoms with E-state index < -0.39 is 18.2 Å². The number of halogens is 3. The molecule has 130 valence electrons. The highest BCUT2D eigenvalue weighted by molar-refractivity contribution is 5.55. The van der Waals surface area contributed by atoms with Gasteiger partial charge in [0.15, 0.2) is 0 Å². The van der Waals surface area contributed by atoms with Crippen LogP contribution >= 0.6 is 0 Å². The molecule has 24 heavy (non-hydrogen) atoms. The lowest BCUT2D eigenvalue weighted by Gasteiger charge is -2.20. The number of hydrogen-bond donors (Lipinski definition) is 1. The number of rotatable bonds is 3. The second-order valence-electron chi connectivity index (χ2n) is 6.72. The Morgan fingerprint density at radius 1 is 1.17 bits per heavy atom. The highest BCUT2D eigenvalue weighted by atomic mass is 19.4. The summed E-state index contributed by atoms with van der Waals surface area (Å²) in [6.07, 6.45) is -5.65. The molecule has 0 saturated heterocycles. The quantitative estimate of drug-likeness (QED) is 0.922. The molecule has 1 N–H and O–H groups in total. The molecule has 0 unspecified atom stereocenters. The monoisotopic (exact) mass is 339 g/mol. The van der Waals surface area contributed by atoms with Gasteiger partial charge in [-0.05, 0) is 23.1 Å². The third kappa shape index (κ3) is 4.59. The zero-order valence-corrected chi connectivity index (χ0v) is 14.0. The van der Waals surface area contributed by atoms with E-state index in [1.54, 1.807) is 6.07 Å². The molecule has 0 aliphatic heterocycles. The minimum Gasteiger partial charge on any atom is -0.326 e. The maximum atomic E-state index is 12.5. The summed E-state index contributed by atoms with van der Waals surface area (Å²) >= 11 is 0. The molecule has 0 saturated carbocycles. The molecule has 7 heteroatoms. The van der Waals surface area contributed by atoms with Gasteiger partial charge in [-0.1, -0.05) is 32.9 Å². The Kier molecular flexibility index (Phi) is 4.73. The maximum absolute atomic E-state index is 12.5. The van der Waals surface area contributed by atoms with E-state index in [9.17, 15) is 18.0 Å². The minimum atomic E-state index is -4.41. The van der Waals surface area contributed by atoms with Crippen LogP contribution in [0.4, 0.5) is 24.8 Å². The van der Waals surface area contributed by atoms with Gasteiger partial charge in [0, 0.05) is 18.8 Å². The SMILES string of the molecule is Cn1c(Nc2cccc(C(C)(C)C)c2)nc(CC(F)(F)F)cc1=O. The molecule has 4 nitrogen and oxygen atoms in total. The Hall–Kier alpha value is -2.31. The Balaban J connectivity index is 2.38. The van der Waals surface area contributed by atoms with E-state index in [0.717, 1.165) is 11.6 Å². The van der Waals surface area contributed by atoms with Gasteiger partial charge in [-0.2, -0.15) is 13.2 Å². The third-order valence-electron chi connectivity index (χ3n) is 3.55. The zero-order valence-electron chi connectivity index (χ0n) is 14.0. The smallest absolute Gasteiger partial charge is 0.326 e. The van der Waals surface area contributed by atoms with Crippen LogP contribution < -0.4 is 10.9 Å². The second kappa shape index (κ2) is 6.30. The molecule has 2 rings (SSSR count). The molecular weight excluding hydrogens is 319 g/mol. The first kappa shape index (κ1) is 18.0. The van der Waals surface area contributed by atoms with Crippen LogP contribution in [0.3, 0.4) is 0 Å². The van der Waals surface area contributed by atoms with Crippen LogP contribution in [0.1, 0.15) is 32.0 Å². The number of anilines is 2. The molecule has 0 atom stereocenters. The van der Waals surface area contributed by atoms with Crippen molar-refractivity contribution in [3.63, 3.8) is 0 Å². The summed E-state index contributed by atoms with van der Waals surface area (Å²) in [6, 6.07) is 8.39. The van der Waals surface area contributed by atoms with Gasteiger partial charge in [0.1, 0.15) is 0 Å². The van der Waals surface area contributed by atoms with E-state index in [1.165, 1.54) is 11.6 Å². The maximum Gasteiger partial charge on any atom is 0.394 e. The van der Waals surface area contributed by atoms with E-state index in [0.29, 0.717) is 5.69 Å². The summed E-state index contributed by atoms with van der Waals surface area (Å²) in [4.78, 5) is 15.8. The highest BCUT2D eigenvalue weighted by Crippen LogP contribution is 2.26. The molecule has 1 aromatic carbocycles. The lowest BCUT2D eigenvalue weighted by Crippen LogP contribution is -2.24. The summed E-state index contributed by atoms with van der Waals surface area (Å²) < 4.78 is 38.8. The fourth-order valence-corrected chi connectivity index (χ4v) is 2.19. The highest BCUT2D eigenvalue weighted by Gasteiger charge is 2.29. The molecule has 2 aromatic rings. The van der Waals surface area contributed by atoms with Gasteiger partial charge in [-0.25, -0.2) is 4.98 Å². The number of nitrogens with one attached hydrogen (secondary N) is 1. The van der Waals surface area contributed by atoms with Gasteiger partial charge in [0.2, 0.25) is 5.95 Å². The van der Waals surface area contributed by atoms with E-state index in [4.69, 9.17) is 0 Å². The molecule has 0 aliphatic rings. The van der Waals surface area contributed by atoms with E-state index in [-0.39, 0.29) is 17.1 Å². The summed E-state index contributed by atoms with van der Waals surface area (Å²) in [7, 11) is 1.46. The van der Waals surface area contributed by atoms with E-state index in [2.05, 4.69) is 31.1 Å². The Labute approximate surface area is 138 Å². The molecule has 1 aromatic heterocycles. The normalized spacial score (nSPS) is 12.3. The van der Waals surface area contributed by atoms with Gasteiger partial charge in [0.05, 0.1) is 12.1 Å². The molecule has 0 amide bonds. The number of hydrogen-bond acceptors (Lipinski definition) is 3. The van der Waals surface area contributed by atoms with Crippen LogP contribution in [0.2, 0.25) is 0 Å². The largest absolute Gasteiger partial charge is 0.394 e. The summed E-state index contributed by atoms with van der Waals surface area (Å²) in [6.45, 7) is 6.18. The van der Waals surface area contributed by atoms with Crippen molar-refractivity contribution in [1.29, 1.82) is 0 Å². The van der Waals surface area contributed by atoms with Crippen molar-refractivity contribution in [2.45, 2.75) is 38.8 Å². The average Bonchev–Trinajstić information content (AvgIpc) is 2.42. The van der Waals surface area contributed by atoms with Gasteiger partial charge in [-0.15, -0.1) is 0 Å². The first-order valence-corrected chi connectivity index (χ1v) is 7.47. The fourth-order valence-electron chi connectivity index (χ4n) is 2.19. The van der Waals surface area contributed by atoms with Crippen molar-refractivity contribution in [3.8, 4) is 0 Å². The number of benzene rings is 1. The van der Waals surface area contributed by atoms with Gasteiger partial charge in [0.25, 0.3) is 5.56 Å². The van der Waals surface area contributed by atoms with Crippen molar-refractivity contribution >= 4 is 11.6 Å². The van der Waals surface area contributed by atoms with E-state index >= 15 is 0 Å². The van der Waals surface area contributed by atoms with Gasteiger partial charge >= 0.3 is 6.18 Å². The molecule has 0 bridgehead atoms. The number of aromatic nitrogens is 2. The van der Waals surface area contributed by atoms with Gasteiger partial charge < -0.3 is 5.32 Å². The van der Waals surface area contributed by atoms with Crippen molar-refractivity contribution in [1.82, 2.24) is 9.55 Å². The van der Waals surface area contributed by atoms with Crippen molar-refractivity contribution in [3.05, 3.63) is 51.9 Å². The van der Waals surface area contributed by atoms with Crippen molar-refractivity contribution < 1.29 is 13.2 Å². The van der Waals surface area contributed by atoms with Crippen LogP contribution in [-0.2, 0) is 18.9 Å². The Bertz CT molecular complexity index is 789. The molecule has 1 heterocycles. The van der Waals surface area contributed by atoms with E-state index in [1.807, 2.05) is 18.2 Å². The molecule has 0 spiro atoms. The lowest BCUT2D eigenvalue weighted by molar-refractivity contribution is -0.127. The lowest BCUT2D eigenvalue weighted by atomic mass is 9.87. The number of alkyl halides is 3. The fraction of sp³-hybridized carbons (Fsp3) is 0.412. The van der Waals surface area contributed by atoms with Crippen LogP contribution in [0.5, 0.6) is 0 Å². The first-order valence-electron chi connectivity index (χ1n) is 7.47.